The summed E-state index contributed by atoms with van der Waals surface area (Å²) in [4.78, 5) is 4.76. The number of hydrogen-bond donors (Lipinski definition) is 2. The maximum absolute atomic E-state index is 8.45. The van der Waals surface area contributed by atoms with Crippen molar-refractivity contribution in [3.63, 3.8) is 0 Å². The van der Waals surface area contributed by atoms with Crippen molar-refractivity contribution in [2.24, 2.45) is 11.8 Å². The Morgan fingerprint density at radius 2 is 1.69 bits per heavy atom. The summed E-state index contributed by atoms with van der Waals surface area (Å²) in [7, 11) is 0. The van der Waals surface area contributed by atoms with E-state index in [-0.39, 0.29) is 11.5 Å². The minimum atomic E-state index is -0.166. The molecule has 0 bridgehead atoms. The van der Waals surface area contributed by atoms with E-state index in [1.807, 2.05) is 0 Å². The highest BCUT2D eigenvalue weighted by Gasteiger charge is 2.24. The normalized spacial score (nSPS) is 30.0. The van der Waals surface area contributed by atoms with Crippen LogP contribution in [0.1, 0.15) is 39.5 Å². The molecule has 4 heteroatoms. The van der Waals surface area contributed by atoms with Gasteiger partial charge in [-0.15, -0.1) is 0 Å². The van der Waals surface area contributed by atoms with Crippen molar-refractivity contribution >= 4 is 0 Å². The lowest BCUT2D eigenvalue weighted by Gasteiger charge is -2.30. The topological polar surface area (TPSA) is 52.9 Å². The summed E-state index contributed by atoms with van der Waals surface area (Å²) in [5.74, 6) is 1.49. The van der Waals surface area contributed by atoms with Crippen LogP contribution >= 0.6 is 0 Å². The quantitative estimate of drug-likeness (QED) is 0.668. The zero-order valence-corrected chi connectivity index (χ0v) is 8.31. The van der Waals surface area contributed by atoms with E-state index in [1.54, 1.807) is 0 Å². The number of nitrogens with zero attached hydrogens (tertiary/aromatic N) is 1. The summed E-state index contributed by atoms with van der Waals surface area (Å²) in [5, 5.41) is 16.7. The van der Waals surface area contributed by atoms with Crippen LogP contribution in [0.3, 0.4) is 0 Å². The molecule has 0 aromatic heterocycles. The monoisotopic (exact) mass is 189 g/mol. The maximum atomic E-state index is 8.45. The second-order valence-corrected chi connectivity index (χ2v) is 4.14. The molecule has 0 aromatic rings. The maximum Gasteiger partial charge on any atom is 0.0844 e. The highest BCUT2D eigenvalue weighted by Crippen LogP contribution is 2.31. The van der Waals surface area contributed by atoms with Gasteiger partial charge in [-0.25, -0.2) is 4.84 Å². The van der Waals surface area contributed by atoms with Gasteiger partial charge in [-0.1, -0.05) is 13.8 Å². The van der Waals surface area contributed by atoms with E-state index >= 15 is 0 Å². The van der Waals surface area contributed by atoms with Crippen LogP contribution in [0, 0.1) is 11.8 Å². The van der Waals surface area contributed by atoms with E-state index in [4.69, 9.17) is 15.3 Å². The molecular formula is C9H19NO3. The fourth-order valence-corrected chi connectivity index (χ4v) is 1.99. The van der Waals surface area contributed by atoms with Crippen molar-refractivity contribution in [2.75, 3.05) is 0 Å². The molecule has 2 N–H and O–H groups in total. The van der Waals surface area contributed by atoms with Gasteiger partial charge in [0.25, 0.3) is 0 Å². The molecule has 4 nitrogen and oxygen atoms in total. The number of hydrogen-bond acceptors (Lipinski definition) is 4. The van der Waals surface area contributed by atoms with Crippen molar-refractivity contribution in [1.82, 2.24) is 5.39 Å². The highest BCUT2D eigenvalue weighted by atomic mass is 17.1. The summed E-state index contributed by atoms with van der Waals surface area (Å²) < 4.78 is 0. The molecule has 78 valence electrons. The lowest BCUT2D eigenvalue weighted by molar-refractivity contribution is -0.506. The van der Waals surface area contributed by atoms with E-state index in [0.29, 0.717) is 0 Å². The van der Waals surface area contributed by atoms with Gasteiger partial charge in [-0.05, 0) is 37.5 Å². The Balaban J connectivity index is 2.22. The predicted molar refractivity (Wildman–Crippen MR) is 47.1 cm³/mol. The van der Waals surface area contributed by atoms with E-state index in [2.05, 4.69) is 13.8 Å². The Labute approximate surface area is 79.0 Å². The van der Waals surface area contributed by atoms with Crippen LogP contribution in [0.15, 0.2) is 0 Å². The molecule has 1 rings (SSSR count). The predicted octanol–water partition coefficient (Wildman–Crippen LogP) is 2.21. The molecule has 1 aliphatic rings. The van der Waals surface area contributed by atoms with Crippen molar-refractivity contribution in [3.8, 4) is 0 Å². The zero-order valence-electron chi connectivity index (χ0n) is 8.31. The molecule has 1 fully saturated rings. The fraction of sp³-hybridized carbons (Fsp3) is 1.00. The van der Waals surface area contributed by atoms with Gasteiger partial charge in [0.2, 0.25) is 0 Å². The lowest BCUT2D eigenvalue weighted by Crippen LogP contribution is -2.29. The smallest absolute Gasteiger partial charge is 0.0844 e. The molecule has 0 unspecified atom stereocenters. The van der Waals surface area contributed by atoms with Crippen molar-refractivity contribution in [3.05, 3.63) is 0 Å². The molecule has 0 spiro atoms. The van der Waals surface area contributed by atoms with Gasteiger partial charge >= 0.3 is 0 Å². The van der Waals surface area contributed by atoms with Crippen molar-refractivity contribution in [1.29, 1.82) is 0 Å². The molecule has 13 heavy (non-hydrogen) atoms. The van der Waals surface area contributed by atoms with Gasteiger partial charge in [0.1, 0.15) is 0 Å². The Morgan fingerprint density at radius 1 is 1.15 bits per heavy atom. The third kappa shape index (κ3) is 3.60. The van der Waals surface area contributed by atoms with Crippen LogP contribution in [0.25, 0.3) is 0 Å². The van der Waals surface area contributed by atoms with Gasteiger partial charge in [0, 0.05) is 0 Å². The SMILES string of the molecule is CC(C)[C@H]1CC[C@@H](ON(O)O)CC1. The third-order valence-electron chi connectivity index (χ3n) is 2.91. The molecule has 0 amide bonds. The van der Waals surface area contributed by atoms with E-state index in [1.165, 1.54) is 0 Å². The molecule has 1 aliphatic carbocycles. The highest BCUT2D eigenvalue weighted by molar-refractivity contribution is 4.74. The molecule has 0 radical (unpaired) electrons. The Kier molecular flexibility index (Phi) is 4.12. The average molecular weight is 189 g/mol. The van der Waals surface area contributed by atoms with Crippen LogP contribution in [0.4, 0.5) is 0 Å². The summed E-state index contributed by atoms with van der Waals surface area (Å²) in [6.45, 7) is 4.46. The van der Waals surface area contributed by atoms with Crippen molar-refractivity contribution in [2.45, 2.75) is 45.6 Å². The largest absolute Gasteiger partial charge is 0.266 e. The zero-order chi connectivity index (χ0) is 9.84. The average Bonchev–Trinajstić information content (AvgIpc) is 2.04. The molecule has 0 aromatic carbocycles. The van der Waals surface area contributed by atoms with E-state index < -0.39 is 0 Å². The van der Waals surface area contributed by atoms with Gasteiger partial charge in [-0.3, -0.25) is 10.4 Å². The molecule has 0 aliphatic heterocycles. The van der Waals surface area contributed by atoms with Crippen molar-refractivity contribution < 1.29 is 15.3 Å². The van der Waals surface area contributed by atoms with Crippen LogP contribution in [0.2, 0.25) is 0 Å². The van der Waals surface area contributed by atoms with Crippen LogP contribution in [0.5, 0.6) is 0 Å². The van der Waals surface area contributed by atoms with Crippen LogP contribution in [-0.2, 0) is 4.84 Å². The summed E-state index contributed by atoms with van der Waals surface area (Å²) in [6.07, 6.45) is 4.05. The summed E-state index contributed by atoms with van der Waals surface area (Å²) in [5.41, 5.74) is 0. The summed E-state index contributed by atoms with van der Waals surface area (Å²) >= 11 is 0. The van der Waals surface area contributed by atoms with Gasteiger partial charge in [-0.2, -0.15) is 0 Å². The van der Waals surface area contributed by atoms with Gasteiger partial charge < -0.3 is 0 Å². The first-order valence-corrected chi connectivity index (χ1v) is 4.94. The first-order valence-electron chi connectivity index (χ1n) is 4.94. The first kappa shape index (κ1) is 10.9. The van der Waals surface area contributed by atoms with Crippen LogP contribution < -0.4 is 0 Å². The Bertz CT molecular complexity index is 142. The lowest BCUT2D eigenvalue weighted by atomic mass is 9.81. The van der Waals surface area contributed by atoms with Gasteiger partial charge in [0.15, 0.2) is 0 Å². The van der Waals surface area contributed by atoms with Gasteiger partial charge in [0.05, 0.1) is 11.5 Å². The van der Waals surface area contributed by atoms with E-state index in [0.717, 1.165) is 37.5 Å². The fourth-order valence-electron chi connectivity index (χ4n) is 1.99. The molecule has 0 atom stereocenters. The Morgan fingerprint density at radius 3 is 2.08 bits per heavy atom. The van der Waals surface area contributed by atoms with E-state index in [9.17, 15) is 0 Å². The molecular weight excluding hydrogens is 170 g/mol. The van der Waals surface area contributed by atoms with Crippen LogP contribution in [-0.4, -0.2) is 21.9 Å². The third-order valence-corrected chi connectivity index (χ3v) is 2.91. The molecule has 1 saturated carbocycles. The standard InChI is InChI=1S/C9H19NO3/c1-7(2)8-3-5-9(6-4-8)13-10(11)12/h7-9,11-12H,3-6H2,1-2H3/t8-,9+. The second kappa shape index (κ2) is 4.91. The second-order valence-electron chi connectivity index (χ2n) is 4.14. The minimum Gasteiger partial charge on any atom is -0.266 e. The number of rotatable bonds is 3. The first-order chi connectivity index (χ1) is 6.09. The Hall–Kier alpha value is -0.160. The molecule has 0 saturated heterocycles. The summed E-state index contributed by atoms with van der Waals surface area (Å²) in [6, 6.07) is 0. The minimum absolute atomic E-state index is 0.0231. The molecule has 0 heterocycles.